The Balaban J connectivity index is 1.79. The molecule has 16 heavy (non-hydrogen) atoms. The summed E-state index contributed by atoms with van der Waals surface area (Å²) in [4.78, 5) is 0. The van der Waals surface area contributed by atoms with Crippen molar-refractivity contribution >= 4 is 11.8 Å². The highest BCUT2D eigenvalue weighted by Gasteiger charge is 2.36. The lowest BCUT2D eigenvalue weighted by Gasteiger charge is -2.34. The van der Waals surface area contributed by atoms with Gasteiger partial charge in [-0.2, -0.15) is 11.8 Å². The lowest BCUT2D eigenvalue weighted by atomic mass is 9.94. The van der Waals surface area contributed by atoms with Gasteiger partial charge in [-0.05, 0) is 49.0 Å². The molecule has 0 bridgehead atoms. The minimum absolute atomic E-state index is 0.423. The van der Waals surface area contributed by atoms with Crippen LogP contribution < -0.4 is 5.32 Å². The van der Waals surface area contributed by atoms with Gasteiger partial charge in [0.25, 0.3) is 0 Å². The molecule has 0 aromatic carbocycles. The maximum absolute atomic E-state index is 10.4. The van der Waals surface area contributed by atoms with E-state index < -0.39 is 5.60 Å². The number of thioether (sulfide) groups is 1. The van der Waals surface area contributed by atoms with Crippen molar-refractivity contribution in [2.24, 2.45) is 11.8 Å². The van der Waals surface area contributed by atoms with Crippen LogP contribution in [0.25, 0.3) is 0 Å². The van der Waals surface area contributed by atoms with E-state index in [1.807, 2.05) is 11.8 Å². The summed E-state index contributed by atoms with van der Waals surface area (Å²) in [5.74, 6) is 3.80. The van der Waals surface area contributed by atoms with Crippen molar-refractivity contribution in [3.05, 3.63) is 0 Å². The van der Waals surface area contributed by atoms with E-state index in [2.05, 4.69) is 19.2 Å². The molecule has 0 radical (unpaired) electrons. The van der Waals surface area contributed by atoms with Crippen LogP contribution in [0.2, 0.25) is 0 Å². The van der Waals surface area contributed by atoms with Crippen LogP contribution in [-0.2, 0) is 0 Å². The van der Waals surface area contributed by atoms with Gasteiger partial charge in [0.05, 0.1) is 5.60 Å². The predicted octanol–water partition coefficient (Wildman–Crippen LogP) is 2.27. The monoisotopic (exact) mass is 243 g/mol. The summed E-state index contributed by atoms with van der Waals surface area (Å²) in [6.45, 7) is 5.38. The van der Waals surface area contributed by atoms with Crippen LogP contribution in [0.3, 0.4) is 0 Å². The van der Waals surface area contributed by atoms with Gasteiger partial charge in [0.15, 0.2) is 0 Å². The summed E-state index contributed by atoms with van der Waals surface area (Å²) in [6.07, 6.45) is 4.68. The van der Waals surface area contributed by atoms with E-state index in [0.29, 0.717) is 12.0 Å². The largest absolute Gasteiger partial charge is 0.389 e. The molecule has 1 aliphatic carbocycles. The van der Waals surface area contributed by atoms with Crippen molar-refractivity contribution in [3.8, 4) is 0 Å². The first-order valence-corrected chi connectivity index (χ1v) is 7.80. The first-order chi connectivity index (χ1) is 7.61. The summed E-state index contributed by atoms with van der Waals surface area (Å²) < 4.78 is 0. The van der Waals surface area contributed by atoms with Crippen LogP contribution in [0.15, 0.2) is 0 Å². The fraction of sp³-hybridized carbons (Fsp3) is 1.00. The normalized spacial score (nSPS) is 27.0. The molecule has 1 unspecified atom stereocenters. The van der Waals surface area contributed by atoms with Crippen LogP contribution in [0.1, 0.15) is 39.5 Å². The fourth-order valence-electron chi connectivity index (χ4n) is 2.64. The molecule has 1 atom stereocenters. The highest BCUT2D eigenvalue weighted by Crippen LogP contribution is 2.36. The van der Waals surface area contributed by atoms with Crippen LogP contribution in [0.5, 0.6) is 0 Å². The Bertz CT molecular complexity index is 220. The van der Waals surface area contributed by atoms with Crippen LogP contribution in [0.4, 0.5) is 0 Å². The van der Waals surface area contributed by atoms with Crippen molar-refractivity contribution in [2.75, 3.05) is 18.1 Å². The maximum atomic E-state index is 10.4. The molecule has 1 saturated heterocycles. The molecule has 0 spiro atoms. The average molecular weight is 243 g/mol. The summed E-state index contributed by atoms with van der Waals surface area (Å²) in [5.41, 5.74) is -0.423. The Hall–Kier alpha value is 0.270. The first kappa shape index (κ1) is 12.7. The van der Waals surface area contributed by atoms with Crippen molar-refractivity contribution < 1.29 is 5.11 Å². The van der Waals surface area contributed by atoms with Crippen molar-refractivity contribution in [1.29, 1.82) is 0 Å². The maximum Gasteiger partial charge on any atom is 0.0787 e. The first-order valence-electron chi connectivity index (χ1n) is 6.64. The number of hydrogen-bond donors (Lipinski definition) is 2. The molecule has 2 N–H and O–H groups in total. The standard InChI is InChI=1S/C13H25NOS/c1-10(2)12(11-3-4-11)14-9-13(15)5-7-16-8-6-13/h10-12,14-15H,3-9H2,1-2H3. The SMILES string of the molecule is CC(C)C(NCC1(O)CCSCC1)C1CC1. The lowest BCUT2D eigenvalue weighted by molar-refractivity contribution is 0.0272. The minimum atomic E-state index is -0.423. The number of aliphatic hydroxyl groups is 1. The summed E-state index contributed by atoms with van der Waals surface area (Å²) >= 11 is 1.97. The molecular weight excluding hydrogens is 218 g/mol. The van der Waals surface area contributed by atoms with Gasteiger partial charge in [0, 0.05) is 12.6 Å². The molecule has 0 aromatic heterocycles. The van der Waals surface area contributed by atoms with E-state index in [4.69, 9.17) is 0 Å². The molecule has 1 aliphatic heterocycles. The van der Waals surface area contributed by atoms with E-state index in [9.17, 15) is 5.11 Å². The van der Waals surface area contributed by atoms with Crippen LogP contribution >= 0.6 is 11.8 Å². The summed E-state index contributed by atoms with van der Waals surface area (Å²) in [7, 11) is 0. The van der Waals surface area contributed by atoms with Crippen molar-refractivity contribution in [1.82, 2.24) is 5.32 Å². The van der Waals surface area contributed by atoms with E-state index in [0.717, 1.165) is 36.8 Å². The van der Waals surface area contributed by atoms with Gasteiger partial charge in [-0.25, -0.2) is 0 Å². The lowest BCUT2D eigenvalue weighted by Crippen LogP contribution is -2.48. The van der Waals surface area contributed by atoms with E-state index >= 15 is 0 Å². The zero-order valence-electron chi connectivity index (χ0n) is 10.5. The Kier molecular flexibility index (Phi) is 4.20. The Labute approximate surface area is 104 Å². The molecule has 2 fully saturated rings. The van der Waals surface area contributed by atoms with E-state index in [-0.39, 0.29) is 0 Å². The highest BCUT2D eigenvalue weighted by atomic mass is 32.2. The molecule has 2 aliphatic rings. The molecular formula is C13H25NOS. The molecule has 0 amide bonds. The predicted molar refractivity (Wildman–Crippen MR) is 70.9 cm³/mol. The quantitative estimate of drug-likeness (QED) is 0.777. The van der Waals surface area contributed by atoms with Crippen molar-refractivity contribution in [2.45, 2.75) is 51.2 Å². The molecule has 0 aromatic rings. The highest BCUT2D eigenvalue weighted by molar-refractivity contribution is 7.99. The van der Waals surface area contributed by atoms with E-state index in [1.54, 1.807) is 0 Å². The van der Waals surface area contributed by atoms with E-state index in [1.165, 1.54) is 12.8 Å². The fourth-order valence-corrected chi connectivity index (χ4v) is 3.89. The molecule has 94 valence electrons. The zero-order chi connectivity index (χ0) is 11.6. The van der Waals surface area contributed by atoms with Crippen LogP contribution in [-0.4, -0.2) is 34.8 Å². The summed E-state index contributed by atoms with van der Waals surface area (Å²) in [6, 6.07) is 0.624. The van der Waals surface area contributed by atoms with Gasteiger partial charge in [0.1, 0.15) is 0 Å². The minimum Gasteiger partial charge on any atom is -0.389 e. The molecule has 1 saturated carbocycles. The van der Waals surface area contributed by atoms with Crippen molar-refractivity contribution in [3.63, 3.8) is 0 Å². The van der Waals surface area contributed by atoms with Gasteiger partial charge in [-0.3, -0.25) is 0 Å². The number of hydrogen-bond acceptors (Lipinski definition) is 3. The average Bonchev–Trinajstić information content (AvgIpc) is 3.02. The second-order valence-electron chi connectivity index (χ2n) is 5.82. The van der Waals surface area contributed by atoms with Gasteiger partial charge in [-0.15, -0.1) is 0 Å². The smallest absolute Gasteiger partial charge is 0.0787 e. The molecule has 1 heterocycles. The third-order valence-corrected chi connectivity index (χ3v) is 4.92. The summed E-state index contributed by atoms with van der Waals surface area (Å²) in [5, 5.41) is 14.1. The second-order valence-corrected chi connectivity index (χ2v) is 7.05. The number of nitrogens with one attached hydrogen (secondary N) is 1. The Morgan fingerprint density at radius 2 is 1.94 bits per heavy atom. The molecule has 2 nitrogen and oxygen atoms in total. The van der Waals surface area contributed by atoms with Gasteiger partial charge in [0.2, 0.25) is 0 Å². The third kappa shape index (κ3) is 3.38. The third-order valence-electron chi connectivity index (χ3n) is 3.94. The van der Waals surface area contributed by atoms with Gasteiger partial charge < -0.3 is 10.4 Å². The topological polar surface area (TPSA) is 32.3 Å². The molecule has 3 heteroatoms. The second kappa shape index (κ2) is 5.28. The number of rotatable bonds is 5. The Morgan fingerprint density at radius 3 is 2.44 bits per heavy atom. The molecule has 2 rings (SSSR count). The zero-order valence-corrected chi connectivity index (χ0v) is 11.4. The van der Waals surface area contributed by atoms with Gasteiger partial charge in [-0.1, -0.05) is 13.8 Å². The van der Waals surface area contributed by atoms with Gasteiger partial charge >= 0.3 is 0 Å². The Morgan fingerprint density at radius 1 is 1.31 bits per heavy atom. The van der Waals surface area contributed by atoms with Crippen LogP contribution in [0, 0.1) is 11.8 Å².